The zero-order chi connectivity index (χ0) is 18.5. The summed E-state index contributed by atoms with van der Waals surface area (Å²) in [6.45, 7) is 4.32. The number of thiazole rings is 1. The number of nitrogens with one attached hydrogen (secondary N) is 1. The Balaban J connectivity index is 1.66. The number of hydrogen-bond acceptors (Lipinski definition) is 7. The van der Waals surface area contributed by atoms with Gasteiger partial charge in [0.25, 0.3) is 5.91 Å². The number of aryl methyl sites for hydroxylation is 1. The van der Waals surface area contributed by atoms with E-state index < -0.39 is 5.97 Å². The molecule has 1 aromatic carbocycles. The monoisotopic (exact) mass is 371 g/mol. The lowest BCUT2D eigenvalue weighted by Crippen LogP contribution is -2.11. The molecule has 8 nitrogen and oxygen atoms in total. The molecule has 0 aliphatic heterocycles. The summed E-state index contributed by atoms with van der Waals surface area (Å²) in [4.78, 5) is 32.7. The fourth-order valence-electron chi connectivity index (χ4n) is 2.27. The van der Waals surface area contributed by atoms with E-state index in [2.05, 4.69) is 20.4 Å². The van der Waals surface area contributed by atoms with Crippen molar-refractivity contribution in [2.45, 2.75) is 20.4 Å². The van der Waals surface area contributed by atoms with Crippen molar-refractivity contribution in [3.05, 3.63) is 58.6 Å². The third kappa shape index (κ3) is 4.12. The van der Waals surface area contributed by atoms with Crippen LogP contribution in [0.2, 0.25) is 0 Å². The molecule has 0 saturated carbocycles. The maximum Gasteiger partial charge on any atom is 0.350 e. The number of anilines is 1. The van der Waals surface area contributed by atoms with Gasteiger partial charge in [-0.15, -0.1) is 0 Å². The van der Waals surface area contributed by atoms with Crippen molar-refractivity contribution in [2.24, 2.45) is 0 Å². The maximum atomic E-state index is 12.4. The summed E-state index contributed by atoms with van der Waals surface area (Å²) < 4.78 is 6.67. The second-order valence-electron chi connectivity index (χ2n) is 5.40. The highest BCUT2D eigenvalue weighted by Gasteiger charge is 2.18. The first-order valence-corrected chi connectivity index (χ1v) is 8.75. The van der Waals surface area contributed by atoms with Gasteiger partial charge in [0, 0.05) is 5.56 Å². The largest absolute Gasteiger partial charge is 0.462 e. The molecule has 9 heteroatoms. The Labute approximate surface area is 153 Å². The molecule has 2 heterocycles. The first-order valence-electron chi connectivity index (χ1n) is 7.94. The third-order valence-corrected chi connectivity index (χ3v) is 4.56. The van der Waals surface area contributed by atoms with E-state index in [0.29, 0.717) is 34.4 Å². The summed E-state index contributed by atoms with van der Waals surface area (Å²) >= 11 is 1.10. The van der Waals surface area contributed by atoms with Gasteiger partial charge in [-0.25, -0.2) is 19.4 Å². The van der Waals surface area contributed by atoms with Crippen molar-refractivity contribution in [1.29, 1.82) is 0 Å². The van der Waals surface area contributed by atoms with Gasteiger partial charge in [-0.05, 0) is 31.5 Å². The van der Waals surface area contributed by atoms with Crippen LogP contribution < -0.4 is 5.32 Å². The van der Waals surface area contributed by atoms with Gasteiger partial charge in [0.1, 0.15) is 17.5 Å². The van der Waals surface area contributed by atoms with Crippen molar-refractivity contribution >= 4 is 28.3 Å². The third-order valence-electron chi connectivity index (χ3n) is 3.51. The van der Waals surface area contributed by atoms with Gasteiger partial charge in [-0.1, -0.05) is 23.5 Å². The van der Waals surface area contributed by atoms with E-state index in [1.807, 2.05) is 12.1 Å². The fourth-order valence-corrected chi connectivity index (χ4v) is 3.12. The molecule has 0 saturated heterocycles. The van der Waals surface area contributed by atoms with Crippen LogP contribution in [0.3, 0.4) is 0 Å². The van der Waals surface area contributed by atoms with Crippen LogP contribution in [-0.2, 0) is 11.3 Å². The lowest BCUT2D eigenvalue weighted by atomic mass is 10.1. The summed E-state index contributed by atoms with van der Waals surface area (Å²) in [6, 6.07) is 7.17. The van der Waals surface area contributed by atoms with Crippen LogP contribution in [0.15, 0.2) is 36.9 Å². The molecule has 0 aliphatic rings. The number of ether oxygens (including phenoxy) is 1. The van der Waals surface area contributed by atoms with Crippen molar-refractivity contribution < 1.29 is 14.3 Å². The SMILES string of the molecule is CCOC(=O)c1sc(NC(=O)c2ccc(Cn3cncn3)cc2)nc1C. The van der Waals surface area contributed by atoms with Crippen LogP contribution in [0.25, 0.3) is 0 Å². The predicted molar refractivity (Wildman–Crippen MR) is 96.3 cm³/mol. The Bertz CT molecular complexity index is 903. The zero-order valence-corrected chi connectivity index (χ0v) is 15.1. The van der Waals surface area contributed by atoms with E-state index in [1.165, 1.54) is 6.33 Å². The van der Waals surface area contributed by atoms with Crippen LogP contribution in [-0.4, -0.2) is 38.2 Å². The number of esters is 1. The highest BCUT2D eigenvalue weighted by molar-refractivity contribution is 7.17. The minimum absolute atomic E-state index is 0.290. The molecule has 0 radical (unpaired) electrons. The molecular weight excluding hydrogens is 354 g/mol. The number of hydrogen-bond donors (Lipinski definition) is 1. The van der Waals surface area contributed by atoms with Crippen molar-refractivity contribution in [3.63, 3.8) is 0 Å². The summed E-state index contributed by atoms with van der Waals surface area (Å²) in [6.07, 6.45) is 3.11. The molecular formula is C17H17N5O3S. The fraction of sp³-hybridized carbons (Fsp3) is 0.235. The molecule has 3 rings (SSSR count). The van der Waals surface area contributed by atoms with Gasteiger partial charge in [-0.3, -0.25) is 10.1 Å². The molecule has 0 bridgehead atoms. The second kappa shape index (κ2) is 7.87. The van der Waals surface area contributed by atoms with Crippen LogP contribution in [0.5, 0.6) is 0 Å². The normalized spacial score (nSPS) is 10.5. The zero-order valence-electron chi connectivity index (χ0n) is 14.3. The van der Waals surface area contributed by atoms with E-state index in [-0.39, 0.29) is 5.91 Å². The molecule has 26 heavy (non-hydrogen) atoms. The average molecular weight is 371 g/mol. The van der Waals surface area contributed by atoms with Gasteiger partial charge >= 0.3 is 5.97 Å². The Morgan fingerprint density at radius 3 is 2.69 bits per heavy atom. The first kappa shape index (κ1) is 17.7. The van der Waals surface area contributed by atoms with Gasteiger partial charge in [-0.2, -0.15) is 5.10 Å². The number of aromatic nitrogens is 4. The molecule has 0 spiro atoms. The highest BCUT2D eigenvalue weighted by atomic mass is 32.1. The summed E-state index contributed by atoms with van der Waals surface area (Å²) in [7, 11) is 0. The molecule has 0 unspecified atom stereocenters. The van der Waals surface area contributed by atoms with E-state index in [0.717, 1.165) is 16.9 Å². The molecule has 2 aromatic heterocycles. The maximum absolute atomic E-state index is 12.4. The van der Waals surface area contributed by atoms with Crippen LogP contribution in [0.1, 0.15) is 38.2 Å². The van der Waals surface area contributed by atoms with Crippen molar-refractivity contribution in [2.75, 3.05) is 11.9 Å². The van der Waals surface area contributed by atoms with E-state index in [9.17, 15) is 9.59 Å². The lowest BCUT2D eigenvalue weighted by Gasteiger charge is -2.04. The quantitative estimate of drug-likeness (QED) is 0.669. The van der Waals surface area contributed by atoms with Crippen LogP contribution >= 0.6 is 11.3 Å². The lowest BCUT2D eigenvalue weighted by molar-refractivity contribution is 0.0531. The smallest absolute Gasteiger partial charge is 0.350 e. The van der Waals surface area contributed by atoms with E-state index in [1.54, 1.807) is 37.0 Å². The Kier molecular flexibility index (Phi) is 5.37. The average Bonchev–Trinajstić information content (AvgIpc) is 3.25. The van der Waals surface area contributed by atoms with Gasteiger partial charge in [0.05, 0.1) is 18.8 Å². The molecule has 1 N–H and O–H groups in total. The topological polar surface area (TPSA) is 99.0 Å². The van der Waals surface area contributed by atoms with Crippen LogP contribution in [0.4, 0.5) is 5.13 Å². The Hall–Kier alpha value is -3.07. The van der Waals surface area contributed by atoms with Gasteiger partial charge in [0.15, 0.2) is 5.13 Å². The number of benzene rings is 1. The summed E-state index contributed by atoms with van der Waals surface area (Å²) in [5.74, 6) is -0.720. The molecule has 0 aliphatic carbocycles. The first-order chi connectivity index (χ1) is 12.6. The van der Waals surface area contributed by atoms with Crippen LogP contribution in [0, 0.1) is 6.92 Å². The minimum atomic E-state index is -0.430. The van der Waals surface area contributed by atoms with E-state index >= 15 is 0 Å². The predicted octanol–water partition coefficient (Wildman–Crippen LogP) is 2.52. The summed E-state index contributed by atoms with van der Waals surface area (Å²) in [5.41, 5.74) is 2.03. The number of nitrogens with zero attached hydrogens (tertiary/aromatic N) is 4. The second-order valence-corrected chi connectivity index (χ2v) is 6.40. The molecule has 134 valence electrons. The number of carbonyl (C=O) groups excluding carboxylic acids is 2. The van der Waals surface area contributed by atoms with Crippen molar-refractivity contribution in [3.8, 4) is 0 Å². The highest BCUT2D eigenvalue weighted by Crippen LogP contribution is 2.24. The minimum Gasteiger partial charge on any atom is -0.462 e. The van der Waals surface area contributed by atoms with Crippen molar-refractivity contribution in [1.82, 2.24) is 19.7 Å². The summed E-state index contributed by atoms with van der Waals surface area (Å²) in [5, 5.41) is 7.12. The molecule has 0 fully saturated rings. The molecule has 0 atom stereocenters. The number of rotatable bonds is 6. The van der Waals surface area contributed by atoms with E-state index in [4.69, 9.17) is 4.74 Å². The Morgan fingerprint density at radius 2 is 2.04 bits per heavy atom. The van der Waals surface area contributed by atoms with Gasteiger partial charge in [0.2, 0.25) is 0 Å². The molecule has 1 amide bonds. The Morgan fingerprint density at radius 1 is 1.27 bits per heavy atom. The van der Waals surface area contributed by atoms with Gasteiger partial charge < -0.3 is 4.74 Å². The number of carbonyl (C=O) groups is 2. The molecule has 3 aromatic rings. The standard InChI is InChI=1S/C17H17N5O3S/c1-3-25-16(24)14-11(2)20-17(26-14)21-15(23)13-6-4-12(5-7-13)8-22-10-18-9-19-22/h4-7,9-10H,3,8H2,1-2H3,(H,20,21,23). The number of amides is 1.